The van der Waals surface area contributed by atoms with Crippen LogP contribution in [-0.2, 0) is 16.0 Å². The predicted octanol–water partition coefficient (Wildman–Crippen LogP) is 0.367. The summed E-state index contributed by atoms with van der Waals surface area (Å²) in [4.78, 5) is 12.7. The fraction of sp³-hybridized carbons (Fsp3) is 0.353. The molecule has 3 heterocycles. The Morgan fingerprint density at radius 2 is 2.00 bits per heavy atom. The number of nitrogens with one attached hydrogen (secondary N) is 1. The van der Waals surface area contributed by atoms with E-state index in [-0.39, 0.29) is 5.75 Å². The minimum Gasteiger partial charge on any atom is -0.508 e. The highest BCUT2D eigenvalue weighted by Crippen LogP contribution is 2.32. The van der Waals surface area contributed by atoms with Gasteiger partial charge in [0.2, 0.25) is 0 Å². The number of methoxy groups -OCH3 is 1. The highest BCUT2D eigenvalue weighted by molar-refractivity contribution is 5.82. The molecule has 0 unspecified atom stereocenters. The van der Waals surface area contributed by atoms with Gasteiger partial charge in [0.05, 0.1) is 6.33 Å². The number of imidazole rings is 1. The molecule has 0 spiro atoms. The van der Waals surface area contributed by atoms with E-state index in [1.165, 1.54) is 24.3 Å². The molecule has 0 aliphatic carbocycles. The van der Waals surface area contributed by atoms with Crippen LogP contribution in [0.25, 0.3) is 11.2 Å². The van der Waals surface area contributed by atoms with Gasteiger partial charge in [-0.25, -0.2) is 15.0 Å². The molecule has 4 N–H and O–H groups in total. The van der Waals surface area contributed by atoms with Crippen molar-refractivity contribution < 1.29 is 24.8 Å². The molecule has 1 fully saturated rings. The van der Waals surface area contributed by atoms with Gasteiger partial charge in [-0.15, -0.1) is 0 Å². The second kappa shape index (κ2) is 7.08. The van der Waals surface area contributed by atoms with Gasteiger partial charge >= 0.3 is 0 Å². The van der Waals surface area contributed by atoms with Crippen LogP contribution in [-0.4, -0.2) is 60.4 Å². The summed E-state index contributed by atoms with van der Waals surface area (Å²) in [6.07, 6.45) is -1.39. The lowest BCUT2D eigenvalue weighted by Gasteiger charge is -2.16. The number of aliphatic hydroxyl groups is 2. The Bertz CT molecular complexity index is 948. The highest BCUT2D eigenvalue weighted by Gasteiger charge is 2.44. The van der Waals surface area contributed by atoms with E-state index in [9.17, 15) is 15.3 Å². The van der Waals surface area contributed by atoms with E-state index < -0.39 is 24.7 Å². The summed E-state index contributed by atoms with van der Waals surface area (Å²) in [5, 5.41) is 33.2. The molecule has 0 saturated carbocycles. The van der Waals surface area contributed by atoms with E-state index in [1.54, 1.807) is 18.2 Å². The summed E-state index contributed by atoms with van der Waals surface area (Å²) < 4.78 is 12.1. The van der Waals surface area contributed by atoms with Gasteiger partial charge in [-0.1, -0.05) is 18.2 Å². The zero-order valence-corrected chi connectivity index (χ0v) is 14.4. The largest absolute Gasteiger partial charge is 0.508 e. The van der Waals surface area contributed by atoms with Crippen molar-refractivity contribution in [3.63, 3.8) is 0 Å². The summed E-state index contributed by atoms with van der Waals surface area (Å²) in [6, 6.07) is 6.99. The third kappa shape index (κ3) is 3.08. The number of aliphatic hydroxyl groups excluding tert-OH is 2. The molecule has 142 valence electrons. The van der Waals surface area contributed by atoms with E-state index in [1.807, 2.05) is 6.07 Å². The average Bonchev–Trinajstić information content (AvgIpc) is 3.23. The fourth-order valence-electron chi connectivity index (χ4n) is 3.06. The first-order valence-electron chi connectivity index (χ1n) is 8.33. The van der Waals surface area contributed by atoms with Crippen molar-refractivity contribution in [1.82, 2.24) is 19.5 Å². The number of hydrogen-bond acceptors (Lipinski definition) is 9. The maximum absolute atomic E-state index is 10.3. The fourth-order valence-corrected chi connectivity index (χ4v) is 3.06. The molecule has 0 amide bonds. The number of anilines is 1. The second-order valence-electron chi connectivity index (χ2n) is 6.14. The summed E-state index contributed by atoms with van der Waals surface area (Å²) in [6.45, 7) is 0.346. The first-order valence-corrected chi connectivity index (χ1v) is 8.33. The molecule has 1 aliphatic rings. The summed E-state index contributed by atoms with van der Waals surface area (Å²) >= 11 is 0. The zero-order valence-electron chi connectivity index (χ0n) is 14.4. The van der Waals surface area contributed by atoms with Gasteiger partial charge in [0.1, 0.15) is 24.3 Å². The molecule has 2 aromatic heterocycles. The van der Waals surface area contributed by atoms with Gasteiger partial charge < -0.3 is 30.1 Å². The molecule has 1 aliphatic heterocycles. The molecule has 1 saturated heterocycles. The number of phenolic OH excluding ortho intramolecular Hbond substituents is 1. The number of aromatic hydroxyl groups is 1. The normalized spacial score (nSPS) is 25.1. The maximum Gasteiger partial charge on any atom is 0.188 e. The number of hydrogen-bond donors (Lipinski definition) is 4. The minimum absolute atomic E-state index is 0.183. The summed E-state index contributed by atoms with van der Waals surface area (Å²) in [5.74, 6) is 0.654. The van der Waals surface area contributed by atoms with Crippen molar-refractivity contribution in [3.8, 4) is 5.75 Å². The van der Waals surface area contributed by atoms with E-state index >= 15 is 0 Å². The zero-order chi connectivity index (χ0) is 19.0. The SMILES string of the molecule is CO[C@H]1O[C@@H](n2cnc3c(NCc4ccccc4O)ncnc32)[C@H](O)[C@@H]1O. The van der Waals surface area contributed by atoms with Crippen LogP contribution in [0.2, 0.25) is 0 Å². The Balaban J connectivity index is 1.61. The molecule has 4 atom stereocenters. The van der Waals surface area contributed by atoms with Gasteiger partial charge in [0.25, 0.3) is 0 Å². The minimum atomic E-state index is -1.19. The lowest BCUT2D eigenvalue weighted by Crippen LogP contribution is -2.32. The van der Waals surface area contributed by atoms with Crippen LogP contribution in [0.4, 0.5) is 5.82 Å². The van der Waals surface area contributed by atoms with Gasteiger partial charge in [0.15, 0.2) is 29.5 Å². The third-order valence-corrected chi connectivity index (χ3v) is 4.50. The molecule has 3 aromatic rings. The van der Waals surface area contributed by atoms with Crippen LogP contribution >= 0.6 is 0 Å². The molecular weight excluding hydrogens is 354 g/mol. The highest BCUT2D eigenvalue weighted by atomic mass is 16.7. The Morgan fingerprint density at radius 3 is 2.74 bits per heavy atom. The van der Waals surface area contributed by atoms with Crippen molar-refractivity contribution in [3.05, 3.63) is 42.5 Å². The lowest BCUT2D eigenvalue weighted by atomic mass is 10.2. The number of benzene rings is 1. The quantitative estimate of drug-likeness (QED) is 0.500. The van der Waals surface area contributed by atoms with Crippen LogP contribution in [0, 0.1) is 0 Å². The van der Waals surface area contributed by atoms with E-state index in [0.29, 0.717) is 29.1 Å². The van der Waals surface area contributed by atoms with Gasteiger partial charge in [-0.05, 0) is 6.07 Å². The molecule has 4 rings (SSSR count). The molecule has 10 nitrogen and oxygen atoms in total. The van der Waals surface area contributed by atoms with Crippen molar-refractivity contribution in [2.75, 3.05) is 12.4 Å². The number of aromatic nitrogens is 4. The lowest BCUT2D eigenvalue weighted by molar-refractivity contribution is -0.160. The Labute approximate surface area is 154 Å². The van der Waals surface area contributed by atoms with Crippen molar-refractivity contribution in [2.45, 2.75) is 31.3 Å². The van der Waals surface area contributed by atoms with Gasteiger partial charge in [-0.2, -0.15) is 0 Å². The number of para-hydroxylation sites is 1. The number of phenols is 1. The topological polar surface area (TPSA) is 135 Å². The smallest absolute Gasteiger partial charge is 0.188 e. The Morgan fingerprint density at radius 1 is 1.19 bits per heavy atom. The summed E-state index contributed by atoms with van der Waals surface area (Å²) in [7, 11) is 1.39. The predicted molar refractivity (Wildman–Crippen MR) is 93.7 cm³/mol. The van der Waals surface area contributed by atoms with Crippen molar-refractivity contribution >= 4 is 17.0 Å². The van der Waals surface area contributed by atoms with E-state index in [4.69, 9.17) is 9.47 Å². The summed E-state index contributed by atoms with van der Waals surface area (Å²) in [5.41, 5.74) is 1.61. The van der Waals surface area contributed by atoms with E-state index in [0.717, 1.165) is 0 Å². The Kier molecular flexibility index (Phi) is 4.62. The number of nitrogens with zero attached hydrogens (tertiary/aromatic N) is 4. The number of fused-ring (bicyclic) bond motifs is 1. The molecule has 0 bridgehead atoms. The van der Waals surface area contributed by atoms with Crippen molar-refractivity contribution in [2.24, 2.45) is 0 Å². The van der Waals surface area contributed by atoms with Crippen LogP contribution in [0.15, 0.2) is 36.9 Å². The first kappa shape index (κ1) is 17.6. The number of ether oxygens (including phenoxy) is 2. The van der Waals surface area contributed by atoms with Crippen LogP contribution in [0.3, 0.4) is 0 Å². The first-order chi connectivity index (χ1) is 13.1. The maximum atomic E-state index is 10.3. The molecular formula is C17H19N5O5. The standard InChI is InChI=1S/C17H19N5O5/c1-26-17-13(25)12(24)16(27-17)22-8-21-11-14(19-7-20-15(11)22)18-6-9-4-2-3-5-10(9)23/h2-5,7-8,12-13,16-17,23-25H,6H2,1H3,(H,18,19,20)/t12-,13+,16-,17+/m1/s1. The molecule has 1 aromatic carbocycles. The van der Waals surface area contributed by atoms with Gasteiger partial charge in [-0.3, -0.25) is 4.57 Å². The van der Waals surface area contributed by atoms with E-state index in [2.05, 4.69) is 20.3 Å². The molecule has 27 heavy (non-hydrogen) atoms. The van der Waals surface area contributed by atoms with Crippen LogP contribution in [0.1, 0.15) is 11.8 Å². The average molecular weight is 373 g/mol. The third-order valence-electron chi connectivity index (χ3n) is 4.50. The van der Waals surface area contributed by atoms with Gasteiger partial charge in [0, 0.05) is 19.2 Å². The number of rotatable bonds is 5. The molecule has 0 radical (unpaired) electrons. The molecule has 10 heteroatoms. The second-order valence-corrected chi connectivity index (χ2v) is 6.14. The van der Waals surface area contributed by atoms with Crippen LogP contribution in [0.5, 0.6) is 5.75 Å². The Hall–Kier alpha value is -2.79. The monoisotopic (exact) mass is 373 g/mol. The van der Waals surface area contributed by atoms with Crippen LogP contribution < -0.4 is 5.32 Å². The van der Waals surface area contributed by atoms with Crippen molar-refractivity contribution in [1.29, 1.82) is 0 Å².